The first kappa shape index (κ1) is 22.2. The lowest BCUT2D eigenvalue weighted by atomic mass is 10.0. The number of aryl methyl sites for hydroxylation is 2. The van der Waals surface area contributed by atoms with Crippen LogP contribution < -0.4 is 19.8 Å². The summed E-state index contributed by atoms with van der Waals surface area (Å²) in [4.78, 5) is 12.3. The smallest absolute Gasteiger partial charge is 0.254 e. The van der Waals surface area contributed by atoms with Crippen molar-refractivity contribution in [2.24, 2.45) is 7.05 Å². The monoisotopic (exact) mass is 474 g/mol. The van der Waals surface area contributed by atoms with Crippen LogP contribution in [-0.4, -0.2) is 25.8 Å². The van der Waals surface area contributed by atoms with Crippen LogP contribution in [0.25, 0.3) is 11.1 Å². The van der Waals surface area contributed by atoms with Crippen molar-refractivity contribution in [2.45, 2.75) is 19.3 Å². The Morgan fingerprint density at radius 2 is 1.78 bits per heavy atom. The fraction of sp³-hybridized carbons (Fsp3) is 0.261. The second kappa shape index (κ2) is 8.88. The summed E-state index contributed by atoms with van der Waals surface area (Å²) >= 11 is 6.21. The molecule has 0 saturated carbocycles. The van der Waals surface area contributed by atoms with E-state index < -0.39 is 10.0 Å². The van der Waals surface area contributed by atoms with Crippen LogP contribution in [0.1, 0.15) is 18.4 Å². The zero-order valence-electron chi connectivity index (χ0n) is 17.7. The Bertz CT molecular complexity index is 1330. The first-order chi connectivity index (χ1) is 15.2. The van der Waals surface area contributed by atoms with Crippen molar-refractivity contribution in [3.63, 3.8) is 0 Å². The Morgan fingerprint density at radius 3 is 2.56 bits per heavy atom. The van der Waals surface area contributed by atoms with E-state index in [2.05, 4.69) is 4.72 Å². The largest absolute Gasteiger partial charge is 0.493 e. The van der Waals surface area contributed by atoms with E-state index in [1.165, 1.54) is 10.6 Å². The van der Waals surface area contributed by atoms with Gasteiger partial charge in [-0.15, -0.1) is 0 Å². The molecule has 4 rings (SSSR count). The van der Waals surface area contributed by atoms with Gasteiger partial charge in [-0.25, -0.2) is 8.42 Å². The number of hydrogen-bond acceptors (Lipinski definition) is 5. The first-order valence-electron chi connectivity index (χ1n) is 10.1. The molecule has 0 amide bonds. The molecule has 0 unspecified atom stereocenters. The van der Waals surface area contributed by atoms with Gasteiger partial charge in [0.25, 0.3) is 5.56 Å². The van der Waals surface area contributed by atoms with Crippen molar-refractivity contribution in [1.29, 1.82) is 0 Å². The molecule has 0 spiro atoms. The average molecular weight is 475 g/mol. The molecule has 2 aromatic carbocycles. The van der Waals surface area contributed by atoms with E-state index in [-0.39, 0.29) is 5.56 Å². The van der Waals surface area contributed by atoms with Crippen LogP contribution in [0.2, 0.25) is 5.02 Å². The number of ether oxygens (including phenoxy) is 2. The second-order valence-electron chi connectivity index (χ2n) is 7.75. The molecular weight excluding hydrogens is 452 g/mol. The Kier molecular flexibility index (Phi) is 6.17. The number of rotatable bonds is 2. The highest BCUT2D eigenvalue weighted by Crippen LogP contribution is 2.41. The van der Waals surface area contributed by atoms with Crippen molar-refractivity contribution < 1.29 is 17.9 Å². The third-order valence-corrected chi connectivity index (χ3v) is 5.95. The molecule has 168 valence electrons. The molecule has 2 heterocycles. The van der Waals surface area contributed by atoms with E-state index in [0.29, 0.717) is 45.7 Å². The number of hydrogen-bond donors (Lipinski definition) is 1. The molecule has 9 heteroatoms. The number of fused-ring (bicyclic) bond motifs is 4. The topological polar surface area (TPSA) is 86.6 Å². The zero-order valence-corrected chi connectivity index (χ0v) is 19.3. The molecule has 3 aromatic rings. The molecule has 32 heavy (non-hydrogen) atoms. The van der Waals surface area contributed by atoms with Crippen LogP contribution in [0.4, 0.5) is 5.69 Å². The molecule has 0 aliphatic carbocycles. The molecule has 1 aliphatic heterocycles. The standard InChI is InChI=1S/C23H23ClN2O5S/c1-26-14-19-18-12-17(25-32(2,28)29)7-9-21(18)31-20-8-6-16(24)11-15(20)5-3-4-10-30-22(19)13-23(26)27/h6-9,11-14,25H,3-5,10H2,1-2H3. The highest BCUT2D eigenvalue weighted by Gasteiger charge is 2.18. The van der Waals surface area contributed by atoms with Gasteiger partial charge < -0.3 is 14.0 Å². The fourth-order valence-electron chi connectivity index (χ4n) is 3.60. The van der Waals surface area contributed by atoms with Crippen LogP contribution in [0.15, 0.2) is 53.5 Å². The summed E-state index contributed by atoms with van der Waals surface area (Å²) in [7, 11) is -1.83. The summed E-state index contributed by atoms with van der Waals surface area (Å²) in [6.45, 7) is 0.438. The minimum Gasteiger partial charge on any atom is -0.493 e. The first-order valence-corrected chi connectivity index (χ1v) is 12.4. The number of nitrogens with one attached hydrogen (secondary N) is 1. The Labute approximate surface area is 191 Å². The van der Waals surface area contributed by atoms with E-state index in [4.69, 9.17) is 21.1 Å². The number of benzene rings is 2. The molecule has 1 N–H and O–H groups in total. The maximum Gasteiger partial charge on any atom is 0.254 e. The van der Waals surface area contributed by atoms with Crippen molar-refractivity contribution in [3.05, 3.63) is 69.6 Å². The maximum atomic E-state index is 12.3. The van der Waals surface area contributed by atoms with Gasteiger partial charge in [-0.2, -0.15) is 0 Å². The molecule has 0 radical (unpaired) electrons. The summed E-state index contributed by atoms with van der Waals surface area (Å²) in [5.41, 5.74) is 2.35. The van der Waals surface area contributed by atoms with Gasteiger partial charge in [0.15, 0.2) is 0 Å². The lowest BCUT2D eigenvalue weighted by molar-refractivity contribution is 0.306. The van der Waals surface area contributed by atoms with E-state index in [9.17, 15) is 13.2 Å². The minimum absolute atomic E-state index is 0.205. The lowest BCUT2D eigenvalue weighted by Gasteiger charge is -2.20. The van der Waals surface area contributed by atoms with Gasteiger partial charge in [-0.3, -0.25) is 9.52 Å². The highest BCUT2D eigenvalue weighted by molar-refractivity contribution is 7.92. The quantitative estimate of drug-likeness (QED) is 0.587. The molecule has 0 saturated heterocycles. The summed E-state index contributed by atoms with van der Waals surface area (Å²) in [5.74, 6) is 1.59. The number of sulfonamides is 1. The number of nitrogens with zero attached hydrogens (tertiary/aromatic N) is 1. The molecule has 0 fully saturated rings. The Hall–Kier alpha value is -2.97. The van der Waals surface area contributed by atoms with Crippen molar-refractivity contribution >= 4 is 27.3 Å². The molecule has 1 aromatic heterocycles. The number of aromatic nitrogens is 1. The van der Waals surface area contributed by atoms with Crippen molar-refractivity contribution in [1.82, 2.24) is 4.57 Å². The van der Waals surface area contributed by atoms with Gasteiger partial charge in [-0.1, -0.05) is 11.6 Å². The molecule has 0 bridgehead atoms. The van der Waals surface area contributed by atoms with E-state index in [1.54, 1.807) is 37.5 Å². The minimum atomic E-state index is -3.48. The zero-order chi connectivity index (χ0) is 22.9. The molecular formula is C23H23ClN2O5S. The molecule has 1 aliphatic rings. The van der Waals surface area contributed by atoms with Crippen LogP contribution >= 0.6 is 11.6 Å². The van der Waals surface area contributed by atoms with E-state index in [1.807, 2.05) is 12.1 Å². The van der Waals surface area contributed by atoms with Crippen molar-refractivity contribution in [3.8, 4) is 28.4 Å². The predicted octanol–water partition coefficient (Wildman–Crippen LogP) is 4.58. The summed E-state index contributed by atoms with van der Waals surface area (Å²) < 4.78 is 39.8. The van der Waals surface area contributed by atoms with Crippen molar-refractivity contribution in [2.75, 3.05) is 17.6 Å². The third-order valence-electron chi connectivity index (χ3n) is 5.10. The van der Waals surface area contributed by atoms with Crippen LogP contribution in [-0.2, 0) is 23.5 Å². The van der Waals surface area contributed by atoms with Gasteiger partial charge in [0, 0.05) is 41.1 Å². The van der Waals surface area contributed by atoms with Crippen LogP contribution in [0, 0.1) is 0 Å². The summed E-state index contributed by atoms with van der Waals surface area (Å²) in [6.07, 6.45) is 5.15. The SMILES string of the molecule is Cn1cc2c(cc1=O)OCCCCc1cc(Cl)ccc1Oc1ccc(NS(C)(=O)=O)cc1-2. The van der Waals surface area contributed by atoms with Gasteiger partial charge in [0.2, 0.25) is 10.0 Å². The third kappa shape index (κ3) is 5.08. The number of pyridine rings is 1. The van der Waals surface area contributed by atoms with Crippen LogP contribution in [0.5, 0.6) is 17.2 Å². The predicted molar refractivity (Wildman–Crippen MR) is 126 cm³/mol. The number of halogens is 1. The summed E-state index contributed by atoms with van der Waals surface area (Å²) in [6, 6.07) is 11.9. The Balaban J connectivity index is 1.93. The number of anilines is 1. The van der Waals surface area contributed by atoms with Gasteiger partial charge in [0.05, 0.1) is 12.9 Å². The molecule has 0 atom stereocenters. The summed E-state index contributed by atoms with van der Waals surface area (Å²) in [5, 5.41) is 0.629. The highest BCUT2D eigenvalue weighted by atomic mass is 35.5. The van der Waals surface area contributed by atoms with E-state index >= 15 is 0 Å². The average Bonchev–Trinajstić information content (AvgIpc) is 2.71. The van der Waals surface area contributed by atoms with Crippen LogP contribution in [0.3, 0.4) is 0 Å². The maximum absolute atomic E-state index is 12.3. The fourth-order valence-corrected chi connectivity index (χ4v) is 4.35. The normalized spacial score (nSPS) is 13.8. The van der Waals surface area contributed by atoms with Gasteiger partial charge in [-0.05, 0) is 61.2 Å². The lowest BCUT2D eigenvalue weighted by Crippen LogP contribution is -2.16. The second-order valence-corrected chi connectivity index (χ2v) is 9.93. The molecule has 7 nitrogen and oxygen atoms in total. The van der Waals surface area contributed by atoms with Gasteiger partial charge in [0.1, 0.15) is 17.2 Å². The Morgan fingerprint density at radius 1 is 1.00 bits per heavy atom. The van der Waals surface area contributed by atoms with Gasteiger partial charge >= 0.3 is 0 Å². The van der Waals surface area contributed by atoms with E-state index in [0.717, 1.165) is 31.1 Å².